The maximum Gasteiger partial charge on any atom is 0.123 e. The van der Waals surface area contributed by atoms with E-state index in [9.17, 15) is 5.11 Å². The zero-order chi connectivity index (χ0) is 15.2. The Labute approximate surface area is 126 Å². The number of hydrogen-bond acceptors (Lipinski definition) is 5. The Morgan fingerprint density at radius 3 is 2.76 bits per heavy atom. The molecular formula is C16H25NO4. The maximum atomic E-state index is 9.77. The quantitative estimate of drug-likeness (QED) is 0.827. The molecule has 0 aromatic heterocycles. The third kappa shape index (κ3) is 4.88. The average Bonchev–Trinajstić information content (AvgIpc) is 2.84. The van der Waals surface area contributed by atoms with E-state index in [1.807, 2.05) is 45.2 Å². The van der Waals surface area contributed by atoms with Crippen molar-refractivity contribution >= 4 is 0 Å². The highest BCUT2D eigenvalue weighted by molar-refractivity contribution is 5.33. The molecule has 118 valence electrons. The van der Waals surface area contributed by atoms with Crippen molar-refractivity contribution in [1.29, 1.82) is 0 Å². The van der Waals surface area contributed by atoms with E-state index >= 15 is 0 Å². The highest BCUT2D eigenvalue weighted by Gasteiger charge is 2.29. The molecule has 1 aliphatic rings. The van der Waals surface area contributed by atoms with Crippen LogP contribution in [-0.4, -0.2) is 61.7 Å². The third-order valence-electron chi connectivity index (χ3n) is 3.48. The van der Waals surface area contributed by atoms with Crippen molar-refractivity contribution in [2.75, 3.05) is 33.4 Å². The van der Waals surface area contributed by atoms with E-state index in [1.165, 1.54) is 0 Å². The molecule has 5 nitrogen and oxygen atoms in total. The Kier molecular flexibility index (Phi) is 5.85. The van der Waals surface area contributed by atoms with Gasteiger partial charge in [-0.25, -0.2) is 0 Å². The van der Waals surface area contributed by atoms with Gasteiger partial charge in [-0.05, 0) is 33.0 Å². The van der Waals surface area contributed by atoms with Crippen molar-refractivity contribution in [3.05, 3.63) is 24.3 Å². The van der Waals surface area contributed by atoms with E-state index in [0.29, 0.717) is 19.8 Å². The van der Waals surface area contributed by atoms with Crippen LogP contribution in [0.25, 0.3) is 0 Å². The first kappa shape index (κ1) is 16.1. The number of nitrogens with zero attached hydrogens (tertiary/aromatic N) is 1. The number of likely N-dealkylation sites (N-methyl/N-ethyl adjacent to an activating group) is 1. The fourth-order valence-corrected chi connectivity index (χ4v) is 2.34. The lowest BCUT2D eigenvalue weighted by Crippen LogP contribution is -2.42. The van der Waals surface area contributed by atoms with E-state index in [4.69, 9.17) is 14.2 Å². The van der Waals surface area contributed by atoms with Crippen LogP contribution in [0.4, 0.5) is 0 Å². The van der Waals surface area contributed by atoms with Gasteiger partial charge in [0.2, 0.25) is 0 Å². The predicted octanol–water partition coefficient (Wildman–Crippen LogP) is 1.54. The molecule has 0 saturated carbocycles. The van der Waals surface area contributed by atoms with E-state index in [2.05, 4.69) is 4.90 Å². The Morgan fingerprint density at radius 2 is 2.10 bits per heavy atom. The second kappa shape index (κ2) is 7.64. The largest absolute Gasteiger partial charge is 0.492 e. The van der Waals surface area contributed by atoms with Gasteiger partial charge in [-0.3, -0.25) is 4.90 Å². The Bertz CT molecular complexity index is 438. The second-order valence-corrected chi connectivity index (χ2v) is 5.64. The molecule has 2 atom stereocenters. The van der Waals surface area contributed by atoms with Crippen LogP contribution in [0.1, 0.15) is 13.8 Å². The summed E-state index contributed by atoms with van der Waals surface area (Å²) in [4.78, 5) is 2.08. The molecule has 1 aromatic carbocycles. The number of aliphatic hydroxyl groups excluding tert-OH is 1. The van der Waals surface area contributed by atoms with E-state index in [1.54, 1.807) is 0 Å². The van der Waals surface area contributed by atoms with Crippen molar-refractivity contribution in [2.45, 2.75) is 32.1 Å². The Morgan fingerprint density at radius 1 is 1.33 bits per heavy atom. The van der Waals surface area contributed by atoms with Crippen molar-refractivity contribution in [3.63, 3.8) is 0 Å². The van der Waals surface area contributed by atoms with Gasteiger partial charge < -0.3 is 19.3 Å². The van der Waals surface area contributed by atoms with E-state index in [-0.39, 0.29) is 12.1 Å². The predicted molar refractivity (Wildman–Crippen MR) is 80.9 cm³/mol. The normalized spacial score (nSPS) is 22.0. The summed E-state index contributed by atoms with van der Waals surface area (Å²) in [6, 6.07) is 7.72. The van der Waals surface area contributed by atoms with Gasteiger partial charge in [0.05, 0.1) is 31.5 Å². The first-order valence-electron chi connectivity index (χ1n) is 7.42. The van der Waals surface area contributed by atoms with Gasteiger partial charge in [-0.1, -0.05) is 6.07 Å². The van der Waals surface area contributed by atoms with Crippen LogP contribution in [0.2, 0.25) is 0 Å². The van der Waals surface area contributed by atoms with E-state index < -0.39 is 6.10 Å². The standard InChI is InChI=1S/C16H25NO4/c1-12(2)21-14-6-4-5-13(9-14)20-8-7-17(3)15-10-19-11-16(15)18/h4-6,9,12,15-16,18H,7-8,10-11H2,1-3H3/t15-,16-/m1/s1. The van der Waals surface area contributed by atoms with Gasteiger partial charge >= 0.3 is 0 Å². The van der Waals surface area contributed by atoms with Gasteiger partial charge in [0.15, 0.2) is 0 Å². The van der Waals surface area contributed by atoms with Gasteiger partial charge in [0, 0.05) is 12.6 Å². The summed E-state index contributed by atoms with van der Waals surface area (Å²) in [5.74, 6) is 1.61. The summed E-state index contributed by atoms with van der Waals surface area (Å²) >= 11 is 0. The molecule has 1 aromatic rings. The zero-order valence-corrected chi connectivity index (χ0v) is 13.0. The summed E-state index contributed by atoms with van der Waals surface area (Å²) in [6.07, 6.45) is -0.256. The summed E-state index contributed by atoms with van der Waals surface area (Å²) in [5.41, 5.74) is 0. The molecular weight excluding hydrogens is 270 g/mol. The van der Waals surface area contributed by atoms with Crippen molar-refractivity contribution in [2.24, 2.45) is 0 Å². The Balaban J connectivity index is 1.77. The van der Waals surface area contributed by atoms with Crippen LogP contribution >= 0.6 is 0 Å². The number of aliphatic hydroxyl groups is 1. The van der Waals surface area contributed by atoms with Crippen molar-refractivity contribution < 1.29 is 19.3 Å². The van der Waals surface area contributed by atoms with Gasteiger partial charge in [-0.2, -0.15) is 0 Å². The molecule has 0 aliphatic carbocycles. The molecule has 5 heteroatoms. The molecule has 1 N–H and O–H groups in total. The van der Waals surface area contributed by atoms with Crippen molar-refractivity contribution in [1.82, 2.24) is 4.90 Å². The molecule has 1 aliphatic heterocycles. The lowest BCUT2D eigenvalue weighted by molar-refractivity contribution is 0.0882. The smallest absolute Gasteiger partial charge is 0.123 e. The SMILES string of the molecule is CC(C)Oc1cccc(OCCN(C)[C@@H]2COC[C@H]2O)c1. The summed E-state index contributed by atoms with van der Waals surface area (Å²) < 4.78 is 16.6. The first-order chi connectivity index (χ1) is 10.1. The average molecular weight is 295 g/mol. The minimum Gasteiger partial charge on any atom is -0.492 e. The van der Waals surface area contributed by atoms with Crippen LogP contribution in [0.5, 0.6) is 11.5 Å². The lowest BCUT2D eigenvalue weighted by Gasteiger charge is -2.25. The van der Waals surface area contributed by atoms with Gasteiger partial charge in [-0.15, -0.1) is 0 Å². The van der Waals surface area contributed by atoms with Crippen molar-refractivity contribution in [3.8, 4) is 11.5 Å². The molecule has 0 amide bonds. The van der Waals surface area contributed by atoms with Crippen LogP contribution in [-0.2, 0) is 4.74 Å². The minimum atomic E-state index is -0.405. The number of hydrogen-bond donors (Lipinski definition) is 1. The highest BCUT2D eigenvalue weighted by Crippen LogP contribution is 2.20. The second-order valence-electron chi connectivity index (χ2n) is 5.64. The van der Waals surface area contributed by atoms with Gasteiger partial charge in [0.1, 0.15) is 18.1 Å². The van der Waals surface area contributed by atoms with E-state index in [0.717, 1.165) is 18.0 Å². The molecule has 0 radical (unpaired) electrons. The Hall–Kier alpha value is -1.30. The monoisotopic (exact) mass is 295 g/mol. The number of rotatable bonds is 7. The molecule has 1 saturated heterocycles. The van der Waals surface area contributed by atoms with Gasteiger partial charge in [0.25, 0.3) is 0 Å². The fourth-order valence-electron chi connectivity index (χ4n) is 2.34. The summed E-state index contributed by atoms with van der Waals surface area (Å²) in [6.45, 7) is 6.29. The summed E-state index contributed by atoms with van der Waals surface area (Å²) in [5, 5.41) is 9.77. The van der Waals surface area contributed by atoms with Crippen LogP contribution in [0.15, 0.2) is 24.3 Å². The minimum absolute atomic E-state index is 0.0595. The highest BCUT2D eigenvalue weighted by atomic mass is 16.5. The molecule has 2 rings (SSSR count). The van der Waals surface area contributed by atoms with Crippen LogP contribution < -0.4 is 9.47 Å². The zero-order valence-electron chi connectivity index (χ0n) is 13.0. The lowest BCUT2D eigenvalue weighted by atomic mass is 10.2. The summed E-state index contributed by atoms with van der Waals surface area (Å²) in [7, 11) is 1.98. The van der Waals surface area contributed by atoms with Crippen LogP contribution in [0.3, 0.4) is 0 Å². The third-order valence-corrected chi connectivity index (χ3v) is 3.48. The molecule has 1 fully saturated rings. The molecule has 0 bridgehead atoms. The molecule has 0 spiro atoms. The first-order valence-corrected chi connectivity index (χ1v) is 7.42. The van der Waals surface area contributed by atoms with Crippen LogP contribution in [0, 0.1) is 0 Å². The molecule has 0 unspecified atom stereocenters. The molecule has 21 heavy (non-hydrogen) atoms. The number of benzene rings is 1. The maximum absolute atomic E-state index is 9.77. The fraction of sp³-hybridized carbons (Fsp3) is 0.625. The molecule has 1 heterocycles. The number of ether oxygens (including phenoxy) is 3. The topological polar surface area (TPSA) is 51.2 Å².